The van der Waals surface area contributed by atoms with Gasteiger partial charge in [0, 0.05) is 36.8 Å². The molecule has 34 heavy (non-hydrogen) atoms. The second-order valence-corrected chi connectivity index (χ2v) is 9.08. The van der Waals surface area contributed by atoms with E-state index in [9.17, 15) is 14.2 Å². The van der Waals surface area contributed by atoms with E-state index in [1.165, 1.54) is 11.3 Å². The number of aromatic nitrogens is 1. The molecule has 1 fully saturated rings. The molecule has 0 aromatic carbocycles. The molecule has 0 saturated carbocycles. The number of alkyl halides is 3. The highest BCUT2D eigenvalue weighted by Crippen LogP contribution is 2.35. The van der Waals surface area contributed by atoms with E-state index in [4.69, 9.17) is 54.1 Å². The summed E-state index contributed by atoms with van der Waals surface area (Å²) in [4.78, 5) is 44.4. The van der Waals surface area contributed by atoms with Crippen molar-refractivity contribution >= 4 is 83.4 Å². The predicted octanol–water partition coefficient (Wildman–Crippen LogP) is 2.74. The number of halogens is 4. The quantitative estimate of drug-likeness (QED) is 0.206. The van der Waals surface area contributed by atoms with Crippen LogP contribution in [-0.4, -0.2) is 95.2 Å². The highest BCUT2D eigenvalue weighted by Gasteiger charge is 2.12. The summed E-state index contributed by atoms with van der Waals surface area (Å²) >= 11 is 17.2. The maximum atomic E-state index is 11.1. The van der Waals surface area contributed by atoms with Gasteiger partial charge in [0.25, 0.3) is 0 Å². The van der Waals surface area contributed by atoms with Gasteiger partial charge in [-0.25, -0.2) is 9.55 Å². The monoisotopic (exact) mass is 607 g/mol. The Morgan fingerprint density at radius 3 is 2.38 bits per heavy atom. The first kappa shape index (κ1) is 35.9. The number of amides is 1. The molecule has 0 aliphatic carbocycles. The van der Waals surface area contributed by atoms with Gasteiger partial charge in [0.15, 0.2) is 5.13 Å². The lowest BCUT2D eigenvalue weighted by Crippen LogP contribution is -2.37. The third-order valence-electron chi connectivity index (χ3n) is 3.39. The van der Waals surface area contributed by atoms with Crippen LogP contribution in [0, 0.1) is 0 Å². The number of ether oxygens (including phenoxy) is 2. The van der Waals surface area contributed by atoms with Crippen molar-refractivity contribution in [3.05, 3.63) is 11.1 Å². The van der Waals surface area contributed by atoms with Crippen LogP contribution in [0.3, 0.4) is 0 Å². The van der Waals surface area contributed by atoms with Crippen LogP contribution in [0.1, 0.15) is 12.6 Å². The van der Waals surface area contributed by atoms with Crippen molar-refractivity contribution in [3.63, 3.8) is 0 Å². The van der Waals surface area contributed by atoms with Crippen molar-refractivity contribution in [2.24, 2.45) is 0 Å². The number of thiazole rings is 1. The van der Waals surface area contributed by atoms with Gasteiger partial charge in [0.2, 0.25) is 5.91 Å². The number of phosphoric acid groups is 1. The topological polar surface area (TPSA) is 148 Å². The number of nitrogens with zero attached hydrogens (tertiary/aromatic N) is 2. The maximum Gasteiger partial charge on any atom is 0.469 e. The molecule has 1 aromatic heterocycles. The van der Waals surface area contributed by atoms with E-state index in [-0.39, 0.29) is 49.1 Å². The number of carbonyl (C=O) groups is 2. The zero-order valence-corrected chi connectivity index (χ0v) is 23.3. The molecule has 1 amide bonds. The highest BCUT2D eigenvalue weighted by atomic mass is 35.5. The first-order valence-electron chi connectivity index (χ1n) is 9.73. The van der Waals surface area contributed by atoms with Gasteiger partial charge < -0.3 is 24.6 Å². The van der Waals surface area contributed by atoms with Crippen LogP contribution in [0.15, 0.2) is 5.38 Å². The Bertz CT molecular complexity index is 720. The predicted molar refractivity (Wildman–Crippen MR) is 136 cm³/mol. The van der Waals surface area contributed by atoms with Crippen molar-refractivity contribution in [2.75, 3.05) is 69.0 Å². The third kappa shape index (κ3) is 21.1. The van der Waals surface area contributed by atoms with Gasteiger partial charge in [0.1, 0.15) is 5.88 Å². The van der Waals surface area contributed by atoms with Gasteiger partial charge in [-0.3, -0.25) is 19.0 Å². The van der Waals surface area contributed by atoms with E-state index in [2.05, 4.69) is 19.7 Å². The Kier molecular flexibility index (Phi) is 23.2. The second-order valence-electron chi connectivity index (χ2n) is 5.96. The first-order valence-corrected chi connectivity index (χ1v) is 13.7. The molecule has 17 heteroatoms. The average molecular weight is 609 g/mol. The molecule has 3 N–H and O–H groups in total. The van der Waals surface area contributed by atoms with E-state index >= 15 is 0 Å². The summed E-state index contributed by atoms with van der Waals surface area (Å²) in [6, 6.07) is 0. The van der Waals surface area contributed by atoms with Crippen LogP contribution in [0.4, 0.5) is 5.13 Å². The lowest BCUT2D eigenvalue weighted by Gasteiger charge is -2.25. The SMILES string of the molecule is CCOC(=O)Cc1csc(NC(=O)CCl)n1.Cl.ClCCN1CCOCC1.O=P(O)(O)OCCCl. The molecule has 0 radical (unpaired) electrons. The van der Waals surface area contributed by atoms with Gasteiger partial charge in [-0.2, -0.15) is 0 Å². The molecule has 200 valence electrons. The minimum absolute atomic E-state index is 0. The van der Waals surface area contributed by atoms with E-state index in [1.54, 1.807) is 12.3 Å². The smallest absolute Gasteiger partial charge is 0.466 e. The van der Waals surface area contributed by atoms with Crippen molar-refractivity contribution < 1.29 is 37.9 Å². The largest absolute Gasteiger partial charge is 0.469 e. The molecule has 2 rings (SSSR count). The average Bonchev–Trinajstić information content (AvgIpc) is 3.20. The lowest BCUT2D eigenvalue weighted by molar-refractivity contribution is -0.142. The maximum absolute atomic E-state index is 11.1. The minimum atomic E-state index is -4.27. The van der Waals surface area contributed by atoms with Crippen LogP contribution in [0.2, 0.25) is 0 Å². The normalized spacial score (nSPS) is 13.4. The standard InChI is InChI=1S/C9H11ClN2O3S.C6H12ClNO.C2H6ClO4P.ClH/c1-2-15-8(14)3-6-5-16-9(11-6)12-7(13)4-10;7-1-2-8-3-5-9-6-4-8;3-1-2-7-8(4,5)6;/h5H,2-4H2,1H3,(H,11,12,13);1-6H2;1-2H2,(H2,4,5,6);1H. The Morgan fingerprint density at radius 2 is 1.91 bits per heavy atom. The van der Waals surface area contributed by atoms with E-state index < -0.39 is 7.82 Å². The zero-order valence-electron chi connectivity index (χ0n) is 18.5. The molecule has 0 unspecified atom stereocenters. The molecule has 0 bridgehead atoms. The molecule has 1 saturated heterocycles. The number of rotatable bonds is 10. The minimum Gasteiger partial charge on any atom is -0.466 e. The number of carbonyl (C=O) groups excluding carboxylic acids is 2. The van der Waals surface area contributed by atoms with Crippen LogP contribution >= 0.6 is 66.4 Å². The van der Waals surface area contributed by atoms with Crippen LogP contribution < -0.4 is 5.32 Å². The number of nitrogens with one attached hydrogen (secondary N) is 1. The second kappa shape index (κ2) is 22.0. The van der Waals surface area contributed by atoms with Gasteiger partial charge in [0.05, 0.1) is 38.5 Å². The number of phosphoric ester groups is 1. The molecule has 2 heterocycles. The molecular weight excluding hydrogens is 579 g/mol. The number of morpholine rings is 1. The Hall–Kier alpha value is -0.240. The number of esters is 1. The third-order valence-corrected chi connectivity index (χ3v) is 5.28. The van der Waals surface area contributed by atoms with Gasteiger partial charge >= 0.3 is 13.8 Å². The Balaban J connectivity index is 0. The molecule has 11 nitrogen and oxygen atoms in total. The van der Waals surface area contributed by atoms with Crippen molar-refractivity contribution in [1.82, 2.24) is 9.88 Å². The highest BCUT2D eigenvalue weighted by molar-refractivity contribution is 7.46. The number of hydrogen-bond donors (Lipinski definition) is 3. The van der Waals surface area contributed by atoms with Gasteiger partial charge in [-0.1, -0.05) is 0 Å². The fourth-order valence-corrected chi connectivity index (χ4v) is 3.60. The molecule has 0 spiro atoms. The zero-order chi connectivity index (χ0) is 25.1. The van der Waals surface area contributed by atoms with E-state index in [1.807, 2.05) is 0 Å². The van der Waals surface area contributed by atoms with Crippen LogP contribution in [0.5, 0.6) is 0 Å². The van der Waals surface area contributed by atoms with Gasteiger partial charge in [-0.15, -0.1) is 58.5 Å². The molecular formula is C17H30Cl4N3O8PS. The Morgan fingerprint density at radius 1 is 1.26 bits per heavy atom. The molecule has 1 aliphatic rings. The van der Waals surface area contributed by atoms with Crippen LogP contribution in [0.25, 0.3) is 0 Å². The molecule has 1 aromatic rings. The van der Waals surface area contributed by atoms with Gasteiger partial charge in [-0.05, 0) is 6.92 Å². The number of hydrogen-bond acceptors (Lipinski definition) is 9. The summed E-state index contributed by atoms with van der Waals surface area (Å²) in [6.45, 7) is 6.81. The summed E-state index contributed by atoms with van der Waals surface area (Å²) in [7, 11) is -4.27. The fraction of sp³-hybridized carbons (Fsp3) is 0.706. The summed E-state index contributed by atoms with van der Waals surface area (Å²) < 4.78 is 23.7. The first-order chi connectivity index (χ1) is 15.6. The van der Waals surface area contributed by atoms with E-state index in [0.29, 0.717) is 17.4 Å². The fourth-order valence-electron chi connectivity index (χ4n) is 2.06. The summed E-state index contributed by atoms with van der Waals surface area (Å²) in [5.41, 5.74) is 0.577. The lowest BCUT2D eigenvalue weighted by atomic mass is 10.3. The molecule has 0 atom stereocenters. The Labute approximate surface area is 224 Å². The van der Waals surface area contributed by atoms with Crippen molar-refractivity contribution in [3.8, 4) is 0 Å². The van der Waals surface area contributed by atoms with Crippen molar-refractivity contribution in [2.45, 2.75) is 13.3 Å². The van der Waals surface area contributed by atoms with Crippen LogP contribution in [-0.2, 0) is 34.6 Å². The summed E-state index contributed by atoms with van der Waals surface area (Å²) in [5.74, 6) is 0.0551. The number of anilines is 1. The summed E-state index contributed by atoms with van der Waals surface area (Å²) in [6.07, 6.45) is 0.112. The summed E-state index contributed by atoms with van der Waals surface area (Å²) in [5, 5.41) is 4.63. The molecule has 1 aliphatic heterocycles. The van der Waals surface area contributed by atoms with E-state index in [0.717, 1.165) is 38.7 Å². The van der Waals surface area contributed by atoms with Crippen molar-refractivity contribution in [1.29, 1.82) is 0 Å².